The monoisotopic (exact) mass is 507 g/mol. The van der Waals surface area contributed by atoms with E-state index in [1.165, 1.54) is 38.9 Å². The van der Waals surface area contributed by atoms with Gasteiger partial charge in [0.2, 0.25) is 0 Å². The third-order valence-corrected chi connectivity index (χ3v) is 10.7. The van der Waals surface area contributed by atoms with Crippen LogP contribution in [-0.2, 0) is 9.59 Å². The Morgan fingerprint density at radius 2 is 1.58 bits per heavy atom. The van der Waals surface area contributed by atoms with Crippen LogP contribution in [0.2, 0.25) is 0 Å². The van der Waals surface area contributed by atoms with Gasteiger partial charge >= 0.3 is 0 Å². The summed E-state index contributed by atoms with van der Waals surface area (Å²) < 4.78 is 0. The van der Waals surface area contributed by atoms with Gasteiger partial charge in [-0.05, 0) is 107 Å². The summed E-state index contributed by atoms with van der Waals surface area (Å²) in [6, 6.07) is 0. The number of hydrogen-bond donors (Lipinski definition) is 3. The van der Waals surface area contributed by atoms with E-state index < -0.39 is 23.4 Å². The highest BCUT2D eigenvalue weighted by Gasteiger charge is 2.68. The molecule has 0 spiro atoms. The zero-order valence-corrected chi connectivity index (χ0v) is 23.6. The van der Waals surface area contributed by atoms with Crippen molar-refractivity contribution < 1.29 is 24.9 Å². The fourth-order valence-electron chi connectivity index (χ4n) is 8.93. The molecule has 36 heavy (non-hydrogen) atoms. The van der Waals surface area contributed by atoms with Crippen molar-refractivity contribution >= 4 is 11.6 Å². The summed E-state index contributed by atoms with van der Waals surface area (Å²) in [5, 5.41) is 30.6. The molecule has 0 amide bonds. The van der Waals surface area contributed by atoms with E-state index in [9.17, 15) is 24.9 Å². The van der Waals surface area contributed by atoms with Crippen molar-refractivity contribution in [2.75, 3.05) is 26.2 Å². The van der Waals surface area contributed by atoms with Crippen molar-refractivity contribution in [3.63, 3.8) is 0 Å². The summed E-state index contributed by atoms with van der Waals surface area (Å²) in [5.74, 6) is 0.380. The van der Waals surface area contributed by atoms with Crippen LogP contribution < -0.4 is 0 Å². The van der Waals surface area contributed by atoms with Crippen molar-refractivity contribution in [3.8, 4) is 0 Å². The number of hydrogen-bond acceptors (Lipinski definition) is 6. The molecule has 0 aromatic rings. The van der Waals surface area contributed by atoms with Crippen LogP contribution in [0.3, 0.4) is 0 Å². The van der Waals surface area contributed by atoms with Crippen molar-refractivity contribution in [2.24, 2.45) is 34.5 Å². The summed E-state index contributed by atoms with van der Waals surface area (Å²) >= 11 is 0. The van der Waals surface area contributed by atoms with Crippen molar-refractivity contribution in [1.29, 1.82) is 0 Å². The molecular weight excluding hydrogens is 454 g/mol. The smallest absolute Gasteiger partial charge is 0.190 e. The van der Waals surface area contributed by atoms with Gasteiger partial charge < -0.3 is 20.2 Å². The van der Waals surface area contributed by atoms with Gasteiger partial charge in [0.05, 0.1) is 6.10 Å². The van der Waals surface area contributed by atoms with Gasteiger partial charge in [-0.3, -0.25) is 9.59 Å². The minimum Gasteiger partial charge on any atom is -0.393 e. The van der Waals surface area contributed by atoms with Crippen LogP contribution in [-0.4, -0.2) is 69.7 Å². The first-order chi connectivity index (χ1) is 17.0. The van der Waals surface area contributed by atoms with Gasteiger partial charge in [-0.25, -0.2) is 0 Å². The molecule has 208 valence electrons. The van der Waals surface area contributed by atoms with E-state index in [4.69, 9.17) is 0 Å². The maximum Gasteiger partial charge on any atom is 0.190 e. The number of carbonyl (C=O) groups excluding carboxylic acids is 2. The Morgan fingerprint density at radius 1 is 0.972 bits per heavy atom. The molecule has 4 rings (SSSR count). The molecule has 8 atom stereocenters. The van der Waals surface area contributed by atoms with Gasteiger partial charge in [-0.2, -0.15) is 0 Å². The zero-order chi connectivity index (χ0) is 26.7. The van der Waals surface area contributed by atoms with Crippen LogP contribution in [0.5, 0.6) is 0 Å². The first-order valence-electron chi connectivity index (χ1n) is 14.8. The molecule has 3 N–H and O–H groups in total. The molecule has 0 bridgehead atoms. The molecule has 0 heterocycles. The maximum absolute atomic E-state index is 13.4. The molecule has 6 nitrogen and oxygen atoms in total. The van der Waals surface area contributed by atoms with E-state index in [-0.39, 0.29) is 41.5 Å². The van der Waals surface area contributed by atoms with Crippen LogP contribution in [0, 0.1) is 34.5 Å². The number of Topliss-reactive ketones (excluding diaryl/α,β-unsaturated/α-hetero) is 2. The summed E-state index contributed by atoms with van der Waals surface area (Å²) in [6.45, 7) is 14.0. The molecule has 4 aliphatic rings. The number of nitrogens with zero attached hydrogens (tertiary/aromatic N) is 1. The van der Waals surface area contributed by atoms with Crippen molar-refractivity contribution in [3.05, 3.63) is 0 Å². The third-order valence-electron chi connectivity index (χ3n) is 10.7. The van der Waals surface area contributed by atoms with Crippen LogP contribution in [0.1, 0.15) is 105 Å². The van der Waals surface area contributed by atoms with Crippen molar-refractivity contribution in [1.82, 2.24) is 4.90 Å². The predicted molar refractivity (Wildman–Crippen MR) is 142 cm³/mol. The molecule has 4 saturated carbocycles. The van der Waals surface area contributed by atoms with E-state index in [0.29, 0.717) is 12.3 Å². The molecule has 0 aliphatic heterocycles. The SMILES string of the molecule is CCCN(CCC)CCC.C[C@]12CC[C@@H](O)C[C@H]1CC[C@@H]1[C@@H]2C(=O)C[C@@]2(C)[C@H]1CC[C@]2(O)C(=O)CO. The summed E-state index contributed by atoms with van der Waals surface area (Å²) in [4.78, 5) is 28.3. The molecule has 4 fully saturated rings. The molecule has 6 heteroatoms. The van der Waals surface area contributed by atoms with E-state index in [0.717, 1.165) is 38.5 Å². The van der Waals surface area contributed by atoms with Gasteiger partial charge in [0.15, 0.2) is 5.78 Å². The standard InChI is InChI=1S/C21H32O5.C9H21N/c1-19-7-5-13(23)9-12(19)3-4-14-15-6-8-21(26,17(25)11-22)20(15,2)10-16(24)18(14)19;1-4-7-10(8-5-2)9-6-3/h12-15,18,22-23,26H,3-11H2,1-2H3;4-9H2,1-3H3/t12-,13-,14+,15+,18-,19+,20+,21+;/m1./s1. The number of ketones is 2. The number of aliphatic hydroxyl groups excluding tert-OH is 2. The molecule has 0 saturated heterocycles. The van der Waals surface area contributed by atoms with E-state index in [2.05, 4.69) is 32.6 Å². The lowest BCUT2D eigenvalue weighted by Gasteiger charge is -2.60. The Morgan fingerprint density at radius 3 is 2.14 bits per heavy atom. The van der Waals surface area contributed by atoms with Gasteiger partial charge in [0.25, 0.3) is 0 Å². The molecule has 0 unspecified atom stereocenters. The summed E-state index contributed by atoms with van der Waals surface area (Å²) in [7, 11) is 0. The average Bonchev–Trinajstić information content (AvgIpc) is 3.11. The lowest BCUT2D eigenvalue weighted by molar-refractivity contribution is -0.180. The molecular formula is C30H53NO5. The van der Waals surface area contributed by atoms with Crippen LogP contribution in [0.4, 0.5) is 0 Å². The number of rotatable bonds is 8. The second-order valence-corrected chi connectivity index (χ2v) is 12.8. The van der Waals surface area contributed by atoms with Gasteiger partial charge in [0.1, 0.15) is 18.0 Å². The van der Waals surface area contributed by atoms with E-state index in [1.54, 1.807) is 0 Å². The van der Waals surface area contributed by atoms with E-state index in [1.807, 2.05) is 6.92 Å². The Balaban J connectivity index is 0.000000308. The minimum atomic E-state index is -1.58. The Hall–Kier alpha value is -0.820. The van der Waals surface area contributed by atoms with Gasteiger partial charge in [0, 0.05) is 17.8 Å². The number of fused-ring (bicyclic) bond motifs is 5. The summed E-state index contributed by atoms with van der Waals surface area (Å²) in [5.41, 5.74) is -2.40. The molecule has 4 aliphatic carbocycles. The second kappa shape index (κ2) is 11.9. The lowest BCUT2D eigenvalue weighted by atomic mass is 9.44. The number of carbonyl (C=O) groups is 2. The fourth-order valence-corrected chi connectivity index (χ4v) is 8.93. The lowest BCUT2D eigenvalue weighted by Crippen LogP contribution is -2.62. The first kappa shape index (κ1) is 29.7. The van der Waals surface area contributed by atoms with Crippen LogP contribution in [0.25, 0.3) is 0 Å². The fraction of sp³-hybridized carbons (Fsp3) is 0.933. The highest BCUT2D eigenvalue weighted by molar-refractivity contribution is 5.92. The summed E-state index contributed by atoms with van der Waals surface area (Å²) in [6.07, 6.45) is 9.35. The van der Waals surface area contributed by atoms with Crippen molar-refractivity contribution in [2.45, 2.75) is 117 Å². The Kier molecular flexibility index (Phi) is 9.85. The normalized spacial score (nSPS) is 41.7. The zero-order valence-electron chi connectivity index (χ0n) is 23.6. The third kappa shape index (κ3) is 5.21. The largest absolute Gasteiger partial charge is 0.393 e. The highest BCUT2D eigenvalue weighted by atomic mass is 16.3. The van der Waals surface area contributed by atoms with Crippen LogP contribution in [0.15, 0.2) is 0 Å². The first-order valence-corrected chi connectivity index (χ1v) is 14.8. The maximum atomic E-state index is 13.4. The van der Waals surface area contributed by atoms with Gasteiger partial charge in [-0.15, -0.1) is 0 Å². The van der Waals surface area contributed by atoms with E-state index >= 15 is 0 Å². The topological polar surface area (TPSA) is 98.1 Å². The Labute approximate surface area is 219 Å². The Bertz CT molecular complexity index is 758. The molecule has 0 aromatic carbocycles. The van der Waals surface area contributed by atoms with Gasteiger partial charge in [-0.1, -0.05) is 34.6 Å². The van der Waals surface area contributed by atoms with Crippen LogP contribution >= 0.6 is 0 Å². The average molecular weight is 508 g/mol. The second-order valence-electron chi connectivity index (χ2n) is 12.8. The number of aliphatic hydroxyl groups is 3. The predicted octanol–water partition coefficient (Wildman–Crippen LogP) is 4.38. The molecule has 0 aromatic heterocycles. The highest BCUT2D eigenvalue weighted by Crippen LogP contribution is 2.67. The molecule has 0 radical (unpaired) electrons. The minimum absolute atomic E-state index is 0.0154. The quantitative estimate of drug-likeness (QED) is 0.451.